The second-order valence-corrected chi connectivity index (χ2v) is 5.29. The molecule has 0 aromatic rings. The van der Waals surface area contributed by atoms with Crippen LogP contribution in [0.5, 0.6) is 0 Å². The fourth-order valence-corrected chi connectivity index (χ4v) is 2.95. The molecule has 0 radical (unpaired) electrons. The van der Waals surface area contributed by atoms with E-state index in [0.717, 1.165) is 19.3 Å². The van der Waals surface area contributed by atoms with Crippen LogP contribution in [0.25, 0.3) is 0 Å². The van der Waals surface area contributed by atoms with Crippen LogP contribution in [0.1, 0.15) is 46.0 Å². The summed E-state index contributed by atoms with van der Waals surface area (Å²) in [7, 11) is 0. The van der Waals surface area contributed by atoms with Gasteiger partial charge in [-0.1, -0.05) is 13.8 Å². The summed E-state index contributed by atoms with van der Waals surface area (Å²) in [6.07, 6.45) is 4.27. The lowest BCUT2D eigenvalue weighted by Crippen LogP contribution is -2.45. The summed E-state index contributed by atoms with van der Waals surface area (Å²) >= 11 is 0. The molecule has 14 heavy (non-hydrogen) atoms. The molecule has 0 unspecified atom stereocenters. The van der Waals surface area contributed by atoms with Crippen molar-refractivity contribution < 1.29 is 9.59 Å². The molecule has 2 nitrogen and oxygen atoms in total. The van der Waals surface area contributed by atoms with E-state index in [1.807, 2.05) is 6.92 Å². The van der Waals surface area contributed by atoms with Gasteiger partial charge in [0.2, 0.25) is 0 Å². The van der Waals surface area contributed by atoms with Gasteiger partial charge in [-0.15, -0.1) is 0 Å². The smallest absolute Gasteiger partial charge is 0.139 e. The predicted octanol–water partition coefficient (Wildman–Crippen LogP) is 2.36. The first-order valence-corrected chi connectivity index (χ1v) is 5.58. The molecule has 0 aromatic heterocycles. The van der Waals surface area contributed by atoms with E-state index in [4.69, 9.17) is 0 Å². The van der Waals surface area contributed by atoms with E-state index in [1.54, 1.807) is 0 Å². The number of hydrogen-bond donors (Lipinski definition) is 0. The minimum atomic E-state index is 0.0347. The molecule has 2 aliphatic carbocycles. The SMILES string of the molecule is C[C@@H]1CC[C@@]2(C)CCC(=O)C[C@@H]2C1=O. The van der Waals surface area contributed by atoms with Crippen molar-refractivity contribution in [2.75, 3.05) is 0 Å². The van der Waals surface area contributed by atoms with Gasteiger partial charge in [0, 0.05) is 24.7 Å². The molecular weight excluding hydrogens is 176 g/mol. The van der Waals surface area contributed by atoms with E-state index in [0.29, 0.717) is 18.6 Å². The third-order valence-corrected chi connectivity index (χ3v) is 4.23. The van der Waals surface area contributed by atoms with E-state index in [2.05, 4.69) is 6.92 Å². The maximum atomic E-state index is 12.0. The zero-order chi connectivity index (χ0) is 10.3. The van der Waals surface area contributed by atoms with Gasteiger partial charge < -0.3 is 0 Å². The Kier molecular flexibility index (Phi) is 2.24. The number of rotatable bonds is 0. The van der Waals surface area contributed by atoms with Crippen LogP contribution < -0.4 is 0 Å². The van der Waals surface area contributed by atoms with Crippen LogP contribution in [0.4, 0.5) is 0 Å². The molecule has 2 aliphatic rings. The van der Waals surface area contributed by atoms with Crippen LogP contribution in [-0.2, 0) is 9.59 Å². The van der Waals surface area contributed by atoms with E-state index < -0.39 is 0 Å². The Bertz CT molecular complexity index is 282. The molecule has 0 amide bonds. The molecule has 2 fully saturated rings. The number of Topliss-reactive ketones (excluding diaryl/α,β-unsaturated/α-hetero) is 2. The zero-order valence-electron chi connectivity index (χ0n) is 9.01. The molecule has 78 valence electrons. The van der Waals surface area contributed by atoms with E-state index in [1.165, 1.54) is 0 Å². The van der Waals surface area contributed by atoms with E-state index in [9.17, 15) is 9.59 Å². The van der Waals surface area contributed by atoms with Crippen molar-refractivity contribution >= 4 is 11.6 Å². The Morgan fingerprint density at radius 1 is 1.29 bits per heavy atom. The topological polar surface area (TPSA) is 34.1 Å². The largest absolute Gasteiger partial charge is 0.300 e. The van der Waals surface area contributed by atoms with Crippen molar-refractivity contribution in [3.8, 4) is 0 Å². The maximum absolute atomic E-state index is 12.0. The van der Waals surface area contributed by atoms with Crippen LogP contribution in [0.15, 0.2) is 0 Å². The first-order valence-electron chi connectivity index (χ1n) is 5.58. The summed E-state index contributed by atoms with van der Waals surface area (Å²) in [5.74, 6) is 0.841. The normalized spacial score (nSPS) is 43.6. The Labute approximate surface area is 85.1 Å². The molecule has 2 saturated carbocycles. The van der Waals surface area contributed by atoms with Gasteiger partial charge in [-0.05, 0) is 24.7 Å². The average molecular weight is 194 g/mol. The van der Waals surface area contributed by atoms with Crippen molar-refractivity contribution in [3.05, 3.63) is 0 Å². The van der Waals surface area contributed by atoms with Gasteiger partial charge in [0.1, 0.15) is 11.6 Å². The molecule has 3 atom stereocenters. The van der Waals surface area contributed by atoms with Gasteiger partial charge >= 0.3 is 0 Å². The third-order valence-electron chi connectivity index (χ3n) is 4.23. The summed E-state index contributed by atoms with van der Waals surface area (Å²) in [5.41, 5.74) is 0.136. The van der Waals surface area contributed by atoms with Crippen molar-refractivity contribution in [2.24, 2.45) is 17.3 Å². The molecular formula is C12H18O2. The van der Waals surface area contributed by atoms with Gasteiger partial charge in [0.25, 0.3) is 0 Å². The van der Waals surface area contributed by atoms with Crippen molar-refractivity contribution in [2.45, 2.75) is 46.0 Å². The standard InChI is InChI=1S/C12H18O2/c1-8-3-5-12(2)6-4-9(13)7-10(12)11(8)14/h8,10H,3-7H2,1-2H3/t8-,10-,12+/m1/s1. The van der Waals surface area contributed by atoms with Crippen LogP contribution in [-0.4, -0.2) is 11.6 Å². The Hall–Kier alpha value is -0.660. The van der Waals surface area contributed by atoms with Gasteiger partial charge in [0.05, 0.1) is 0 Å². The molecule has 0 aromatic carbocycles. The van der Waals surface area contributed by atoms with Crippen molar-refractivity contribution in [1.29, 1.82) is 0 Å². The highest BCUT2D eigenvalue weighted by molar-refractivity contribution is 5.91. The summed E-state index contributed by atoms with van der Waals surface area (Å²) in [4.78, 5) is 23.3. The second kappa shape index (κ2) is 3.18. The monoisotopic (exact) mass is 194 g/mol. The van der Waals surface area contributed by atoms with Gasteiger partial charge in [-0.2, -0.15) is 0 Å². The minimum absolute atomic E-state index is 0.0347. The summed E-state index contributed by atoms with van der Waals surface area (Å²) in [6.45, 7) is 4.19. The van der Waals surface area contributed by atoms with Crippen molar-refractivity contribution in [1.82, 2.24) is 0 Å². The van der Waals surface area contributed by atoms with Gasteiger partial charge in [0.15, 0.2) is 0 Å². The van der Waals surface area contributed by atoms with Gasteiger partial charge in [-0.25, -0.2) is 0 Å². The lowest BCUT2D eigenvalue weighted by molar-refractivity contribution is -0.143. The van der Waals surface area contributed by atoms with Crippen LogP contribution in [0.2, 0.25) is 0 Å². The first-order chi connectivity index (χ1) is 6.53. The fourth-order valence-electron chi connectivity index (χ4n) is 2.95. The molecule has 0 N–H and O–H groups in total. The summed E-state index contributed by atoms with van der Waals surface area (Å²) in [5, 5.41) is 0. The summed E-state index contributed by atoms with van der Waals surface area (Å²) < 4.78 is 0. The van der Waals surface area contributed by atoms with Crippen LogP contribution >= 0.6 is 0 Å². The Morgan fingerprint density at radius 2 is 2.00 bits per heavy atom. The third kappa shape index (κ3) is 1.41. The van der Waals surface area contributed by atoms with Crippen LogP contribution in [0.3, 0.4) is 0 Å². The highest BCUT2D eigenvalue weighted by Crippen LogP contribution is 2.48. The molecule has 0 bridgehead atoms. The average Bonchev–Trinajstić information content (AvgIpc) is 2.16. The molecule has 0 saturated heterocycles. The molecule has 0 spiro atoms. The lowest BCUT2D eigenvalue weighted by Gasteiger charge is -2.45. The second-order valence-electron chi connectivity index (χ2n) is 5.29. The number of carbonyl (C=O) groups excluding carboxylic acids is 2. The van der Waals surface area contributed by atoms with E-state index >= 15 is 0 Å². The molecule has 0 heterocycles. The zero-order valence-corrected chi connectivity index (χ0v) is 9.01. The van der Waals surface area contributed by atoms with E-state index in [-0.39, 0.29) is 23.0 Å². The van der Waals surface area contributed by atoms with Crippen LogP contribution in [0, 0.1) is 17.3 Å². The quantitative estimate of drug-likeness (QED) is 0.593. The number of ketones is 2. The fraction of sp³-hybridized carbons (Fsp3) is 0.833. The van der Waals surface area contributed by atoms with Gasteiger partial charge in [-0.3, -0.25) is 9.59 Å². The molecule has 0 aliphatic heterocycles. The number of hydrogen-bond acceptors (Lipinski definition) is 2. The first kappa shape index (κ1) is 9.88. The number of fused-ring (bicyclic) bond motifs is 1. The predicted molar refractivity (Wildman–Crippen MR) is 53.9 cm³/mol. The maximum Gasteiger partial charge on any atom is 0.139 e. The summed E-state index contributed by atoms with van der Waals surface area (Å²) in [6, 6.07) is 0. The lowest BCUT2D eigenvalue weighted by atomic mass is 9.58. The molecule has 2 heteroatoms. The van der Waals surface area contributed by atoms with Crippen molar-refractivity contribution in [3.63, 3.8) is 0 Å². The highest BCUT2D eigenvalue weighted by atomic mass is 16.1. The molecule has 2 rings (SSSR count). The Balaban J connectivity index is 2.24. The Morgan fingerprint density at radius 3 is 2.71 bits per heavy atom. The number of carbonyl (C=O) groups is 2. The highest BCUT2D eigenvalue weighted by Gasteiger charge is 2.47. The minimum Gasteiger partial charge on any atom is -0.300 e.